The number of hydrogen-bond donors (Lipinski definition) is 1. The maximum absolute atomic E-state index is 12.7. The second-order valence-corrected chi connectivity index (χ2v) is 15.2. The number of nitrogens with zero attached hydrogens (tertiary/aromatic N) is 3. The van der Waals surface area contributed by atoms with E-state index in [1.165, 1.54) is 0 Å². The molecule has 2 aromatic rings. The summed E-state index contributed by atoms with van der Waals surface area (Å²) in [6, 6.07) is 7.68. The first-order valence-electron chi connectivity index (χ1n) is 10.5. The lowest BCUT2D eigenvalue weighted by atomic mass is 10.2. The van der Waals surface area contributed by atoms with Gasteiger partial charge in [0, 0.05) is 36.4 Å². The number of hydrogen-bond acceptors (Lipinski definition) is 4. The average Bonchev–Trinajstić information content (AvgIpc) is 3.08. The van der Waals surface area contributed by atoms with Gasteiger partial charge in [0.05, 0.1) is 12.2 Å². The Balaban J connectivity index is 1.59. The number of nitrogens with one attached hydrogen (secondary N) is 1. The third-order valence-corrected chi connectivity index (χ3v) is 11.7. The molecule has 1 aliphatic heterocycles. The van der Waals surface area contributed by atoms with E-state index in [0.717, 1.165) is 54.2 Å². The second kappa shape index (κ2) is 8.94. The Labute approximate surface area is 189 Å². The number of anilines is 1. The molecule has 1 aromatic heterocycles. The van der Waals surface area contributed by atoms with Gasteiger partial charge in [-0.25, -0.2) is 0 Å². The van der Waals surface area contributed by atoms with Crippen LogP contribution >= 0.6 is 15.9 Å². The Morgan fingerprint density at radius 2 is 2.03 bits per heavy atom. The number of amides is 1. The molecule has 0 unspecified atom stereocenters. The van der Waals surface area contributed by atoms with Crippen LogP contribution in [0, 0.1) is 6.92 Å². The van der Waals surface area contributed by atoms with E-state index in [4.69, 9.17) is 4.43 Å². The van der Waals surface area contributed by atoms with Gasteiger partial charge in [-0.1, -0.05) is 42.8 Å². The van der Waals surface area contributed by atoms with E-state index in [1.807, 2.05) is 35.9 Å². The van der Waals surface area contributed by atoms with Crippen molar-refractivity contribution in [3.8, 4) is 0 Å². The fourth-order valence-electron chi connectivity index (χ4n) is 3.20. The highest BCUT2D eigenvalue weighted by Gasteiger charge is 2.37. The molecule has 0 spiro atoms. The summed E-state index contributed by atoms with van der Waals surface area (Å²) in [4.78, 5) is 15.1. The van der Waals surface area contributed by atoms with Crippen LogP contribution in [0.3, 0.4) is 0 Å². The third kappa shape index (κ3) is 5.22. The first kappa shape index (κ1) is 23.2. The Kier molecular flexibility index (Phi) is 6.91. The van der Waals surface area contributed by atoms with Gasteiger partial charge in [-0.3, -0.25) is 14.4 Å². The minimum Gasteiger partial charge on any atom is -0.416 e. The van der Waals surface area contributed by atoms with Crippen molar-refractivity contribution in [2.45, 2.75) is 58.9 Å². The number of benzene rings is 1. The molecule has 1 aromatic carbocycles. The summed E-state index contributed by atoms with van der Waals surface area (Å²) in [7, 11) is -1.72. The van der Waals surface area contributed by atoms with Crippen molar-refractivity contribution in [3.63, 3.8) is 0 Å². The number of carbonyl (C=O) groups excluding carboxylic acids is 1. The fraction of sp³-hybridized carbons (Fsp3) is 0.545. The van der Waals surface area contributed by atoms with Crippen LogP contribution in [-0.2, 0) is 17.5 Å². The number of halogens is 1. The van der Waals surface area contributed by atoms with Crippen LogP contribution in [0.25, 0.3) is 0 Å². The monoisotopic (exact) mass is 492 g/mol. The first-order valence-corrected chi connectivity index (χ1v) is 14.2. The molecule has 0 fully saturated rings. The topological polar surface area (TPSA) is 59.4 Å². The Hall–Kier alpha value is -1.48. The standard InChI is InChI=1S/C22H33BrN4O2Si/c1-16-18(23)8-7-9-19(16)24-21(28)20-14-17-15-26(10-11-27(17)25-20)12-13-29-30(5,6)22(2,3)4/h7-9,14H,10-13,15H2,1-6H3,(H,24,28). The van der Waals surface area contributed by atoms with Gasteiger partial charge < -0.3 is 9.74 Å². The van der Waals surface area contributed by atoms with Crippen molar-refractivity contribution >= 4 is 35.8 Å². The zero-order valence-electron chi connectivity index (χ0n) is 18.9. The highest BCUT2D eigenvalue weighted by molar-refractivity contribution is 9.10. The number of fused-ring (bicyclic) bond motifs is 1. The summed E-state index contributed by atoms with van der Waals surface area (Å²) in [6.45, 7) is 17.5. The Bertz CT molecular complexity index is 920. The lowest BCUT2D eigenvalue weighted by Crippen LogP contribution is -2.43. The summed E-state index contributed by atoms with van der Waals surface area (Å²) in [5.74, 6) is -0.175. The largest absolute Gasteiger partial charge is 0.416 e. The van der Waals surface area contributed by atoms with Gasteiger partial charge in [-0.15, -0.1) is 0 Å². The molecule has 1 amide bonds. The maximum Gasteiger partial charge on any atom is 0.276 e. The molecule has 1 aliphatic rings. The Morgan fingerprint density at radius 1 is 1.30 bits per heavy atom. The lowest BCUT2D eigenvalue weighted by molar-refractivity contribution is 0.102. The molecule has 0 bridgehead atoms. The SMILES string of the molecule is Cc1c(Br)cccc1NC(=O)c1cc2n(n1)CCN(CCO[Si](C)(C)C(C)(C)C)C2. The number of carbonyl (C=O) groups is 1. The van der Waals surface area contributed by atoms with Crippen molar-refractivity contribution < 1.29 is 9.22 Å². The molecule has 164 valence electrons. The van der Waals surface area contributed by atoms with Crippen LogP contribution in [0.2, 0.25) is 18.1 Å². The van der Waals surface area contributed by atoms with E-state index in [1.54, 1.807) is 0 Å². The van der Waals surface area contributed by atoms with Crippen molar-refractivity contribution in [2.24, 2.45) is 0 Å². The summed E-state index contributed by atoms with van der Waals surface area (Å²) in [5.41, 5.74) is 3.33. The molecule has 2 heterocycles. The van der Waals surface area contributed by atoms with Gasteiger partial charge in [0.2, 0.25) is 0 Å². The van der Waals surface area contributed by atoms with E-state index in [9.17, 15) is 4.79 Å². The van der Waals surface area contributed by atoms with Crippen LogP contribution in [0.1, 0.15) is 42.5 Å². The van der Waals surface area contributed by atoms with Crippen molar-refractivity contribution in [1.29, 1.82) is 0 Å². The van der Waals surface area contributed by atoms with Gasteiger partial charge >= 0.3 is 0 Å². The summed E-state index contributed by atoms with van der Waals surface area (Å²) >= 11 is 3.50. The minimum absolute atomic E-state index is 0.175. The van der Waals surface area contributed by atoms with Gasteiger partial charge in [-0.2, -0.15) is 5.10 Å². The molecule has 0 saturated carbocycles. The van der Waals surface area contributed by atoms with Crippen LogP contribution in [-0.4, -0.2) is 48.6 Å². The van der Waals surface area contributed by atoms with Crippen LogP contribution in [0.5, 0.6) is 0 Å². The molecule has 0 saturated heterocycles. The molecule has 3 rings (SSSR count). The van der Waals surface area contributed by atoms with Gasteiger partial charge in [-0.05, 0) is 48.8 Å². The second-order valence-electron chi connectivity index (χ2n) is 9.50. The molecule has 0 radical (unpaired) electrons. The Morgan fingerprint density at radius 3 is 2.73 bits per heavy atom. The zero-order chi connectivity index (χ0) is 22.1. The highest BCUT2D eigenvalue weighted by Crippen LogP contribution is 2.36. The number of rotatable bonds is 6. The molecule has 6 nitrogen and oxygen atoms in total. The van der Waals surface area contributed by atoms with Gasteiger partial charge in [0.15, 0.2) is 14.0 Å². The molecular formula is C22H33BrN4O2Si. The summed E-state index contributed by atoms with van der Waals surface area (Å²) in [5, 5.41) is 7.73. The lowest BCUT2D eigenvalue weighted by Gasteiger charge is -2.37. The predicted molar refractivity (Wildman–Crippen MR) is 127 cm³/mol. The first-order chi connectivity index (χ1) is 14.0. The molecule has 1 N–H and O–H groups in total. The maximum atomic E-state index is 12.7. The molecule has 0 aliphatic carbocycles. The van der Waals surface area contributed by atoms with Crippen molar-refractivity contribution in [2.75, 3.05) is 25.0 Å². The van der Waals surface area contributed by atoms with E-state index >= 15 is 0 Å². The van der Waals surface area contributed by atoms with E-state index < -0.39 is 8.32 Å². The van der Waals surface area contributed by atoms with Crippen LogP contribution in [0.4, 0.5) is 5.69 Å². The third-order valence-electron chi connectivity index (χ3n) is 6.30. The molecular weight excluding hydrogens is 460 g/mol. The minimum atomic E-state index is -1.72. The van der Waals surface area contributed by atoms with Crippen LogP contribution in [0.15, 0.2) is 28.7 Å². The summed E-state index contributed by atoms with van der Waals surface area (Å²) in [6.07, 6.45) is 0. The average molecular weight is 494 g/mol. The highest BCUT2D eigenvalue weighted by atomic mass is 79.9. The summed E-state index contributed by atoms with van der Waals surface area (Å²) < 4.78 is 9.25. The normalized spacial score (nSPS) is 15.2. The van der Waals surface area contributed by atoms with Crippen molar-refractivity contribution in [1.82, 2.24) is 14.7 Å². The molecule has 8 heteroatoms. The van der Waals surface area contributed by atoms with E-state index in [2.05, 4.69) is 65.1 Å². The van der Waals surface area contributed by atoms with Gasteiger partial charge in [0.1, 0.15) is 0 Å². The number of aromatic nitrogens is 2. The van der Waals surface area contributed by atoms with Crippen LogP contribution < -0.4 is 5.32 Å². The zero-order valence-corrected chi connectivity index (χ0v) is 21.5. The van der Waals surface area contributed by atoms with E-state index in [-0.39, 0.29) is 10.9 Å². The molecule has 0 atom stereocenters. The van der Waals surface area contributed by atoms with E-state index in [0.29, 0.717) is 5.69 Å². The van der Waals surface area contributed by atoms with Gasteiger partial charge in [0.25, 0.3) is 5.91 Å². The smallest absolute Gasteiger partial charge is 0.276 e. The fourth-order valence-corrected chi connectivity index (χ4v) is 4.60. The predicted octanol–water partition coefficient (Wildman–Crippen LogP) is 5.04. The molecule has 30 heavy (non-hydrogen) atoms. The van der Waals surface area contributed by atoms with Crippen molar-refractivity contribution in [3.05, 3.63) is 45.7 Å². The quantitative estimate of drug-likeness (QED) is 0.573.